The molecule has 3 rings (SSSR count). The zero-order valence-corrected chi connectivity index (χ0v) is 14.3. The standard InChI is InChI=1S/C19H21N5O2/c1-12(23-24-19(20)26)15-18(25)22-17(14-10-6-3-7-11-14)16(21-15)13-8-4-2-5-9-13/h2-11,15-17,21H,1H3,(H,22,25)(H3,20,24,26)/b23-12+. The largest absolute Gasteiger partial charge is 0.350 e. The van der Waals surface area contributed by atoms with Crippen LogP contribution in [-0.4, -0.2) is 23.7 Å². The van der Waals surface area contributed by atoms with Gasteiger partial charge in [-0.25, -0.2) is 10.2 Å². The number of hydrogen-bond acceptors (Lipinski definition) is 4. The van der Waals surface area contributed by atoms with Gasteiger partial charge >= 0.3 is 6.03 Å². The number of carbonyl (C=O) groups is 2. The maximum Gasteiger partial charge on any atom is 0.332 e. The molecule has 0 bridgehead atoms. The molecule has 0 aliphatic carbocycles. The normalized spacial score (nSPS) is 23.2. The van der Waals surface area contributed by atoms with E-state index in [4.69, 9.17) is 5.73 Å². The lowest BCUT2D eigenvalue weighted by molar-refractivity contribution is -0.124. The number of benzene rings is 2. The lowest BCUT2D eigenvalue weighted by atomic mass is 9.89. The summed E-state index contributed by atoms with van der Waals surface area (Å²) in [6.45, 7) is 1.66. The van der Waals surface area contributed by atoms with Crippen LogP contribution in [0.4, 0.5) is 4.79 Å². The number of urea groups is 1. The topological polar surface area (TPSA) is 109 Å². The van der Waals surface area contributed by atoms with Gasteiger partial charge in [-0.05, 0) is 18.1 Å². The van der Waals surface area contributed by atoms with E-state index in [0.29, 0.717) is 5.71 Å². The van der Waals surface area contributed by atoms with Crippen molar-refractivity contribution in [2.24, 2.45) is 10.8 Å². The Bertz CT molecular complexity index is 807. The number of nitrogens with two attached hydrogens (primary N) is 1. The quantitative estimate of drug-likeness (QED) is 0.496. The van der Waals surface area contributed by atoms with Crippen LogP contribution in [0.15, 0.2) is 65.8 Å². The molecule has 1 saturated heterocycles. The smallest absolute Gasteiger partial charge is 0.332 e. The van der Waals surface area contributed by atoms with Crippen molar-refractivity contribution in [2.45, 2.75) is 25.0 Å². The second-order valence-electron chi connectivity index (χ2n) is 6.11. The summed E-state index contributed by atoms with van der Waals surface area (Å²) >= 11 is 0. The summed E-state index contributed by atoms with van der Waals surface area (Å²) in [5.41, 5.74) is 9.68. The molecular formula is C19H21N5O2. The summed E-state index contributed by atoms with van der Waals surface area (Å²) in [5, 5.41) is 10.3. The van der Waals surface area contributed by atoms with Crippen molar-refractivity contribution in [3.05, 3.63) is 71.8 Å². The van der Waals surface area contributed by atoms with Crippen molar-refractivity contribution < 1.29 is 9.59 Å². The summed E-state index contributed by atoms with van der Waals surface area (Å²) in [7, 11) is 0. The Labute approximate surface area is 151 Å². The van der Waals surface area contributed by atoms with Crippen molar-refractivity contribution in [3.63, 3.8) is 0 Å². The molecule has 7 heteroatoms. The highest BCUT2D eigenvalue weighted by Gasteiger charge is 2.37. The van der Waals surface area contributed by atoms with Gasteiger partial charge in [-0.1, -0.05) is 60.7 Å². The molecule has 1 fully saturated rings. The number of piperazine rings is 1. The van der Waals surface area contributed by atoms with E-state index in [1.54, 1.807) is 6.92 Å². The Kier molecular flexibility index (Phi) is 5.28. The number of carbonyl (C=O) groups excluding carboxylic acids is 2. The van der Waals surface area contributed by atoms with Crippen LogP contribution in [-0.2, 0) is 4.79 Å². The van der Waals surface area contributed by atoms with E-state index in [-0.39, 0.29) is 18.0 Å². The van der Waals surface area contributed by atoms with E-state index in [0.717, 1.165) is 11.1 Å². The summed E-state index contributed by atoms with van der Waals surface area (Å²) < 4.78 is 0. The van der Waals surface area contributed by atoms with Gasteiger partial charge in [0, 0.05) is 0 Å². The zero-order valence-electron chi connectivity index (χ0n) is 14.3. The molecule has 3 unspecified atom stereocenters. The van der Waals surface area contributed by atoms with E-state index in [1.165, 1.54) is 0 Å². The Morgan fingerprint density at radius 3 is 2.08 bits per heavy atom. The SMILES string of the molecule is C/C(=N\NC(N)=O)C1NC(c2ccccc2)C(c2ccccc2)NC1=O. The molecule has 0 saturated carbocycles. The van der Waals surface area contributed by atoms with Gasteiger partial charge in [-0.15, -0.1) is 0 Å². The first-order valence-corrected chi connectivity index (χ1v) is 8.32. The molecule has 26 heavy (non-hydrogen) atoms. The highest BCUT2D eigenvalue weighted by Crippen LogP contribution is 2.32. The lowest BCUT2D eigenvalue weighted by Gasteiger charge is -2.38. The maximum absolute atomic E-state index is 12.6. The molecule has 0 aromatic heterocycles. The van der Waals surface area contributed by atoms with Crippen LogP contribution in [0.3, 0.4) is 0 Å². The molecule has 1 aliphatic rings. The fourth-order valence-electron chi connectivity index (χ4n) is 3.07. The number of rotatable bonds is 4. The third-order valence-electron chi connectivity index (χ3n) is 4.32. The van der Waals surface area contributed by atoms with E-state index in [2.05, 4.69) is 21.2 Å². The van der Waals surface area contributed by atoms with Crippen molar-refractivity contribution in [1.29, 1.82) is 0 Å². The predicted octanol–water partition coefficient (Wildman–Crippen LogP) is 1.60. The highest BCUT2D eigenvalue weighted by molar-refractivity contribution is 6.08. The first-order valence-electron chi connectivity index (χ1n) is 8.32. The molecule has 1 aliphatic heterocycles. The number of primary amides is 1. The molecule has 5 N–H and O–H groups in total. The van der Waals surface area contributed by atoms with Gasteiger partial charge in [0.25, 0.3) is 0 Å². The molecule has 3 amide bonds. The number of hydrogen-bond donors (Lipinski definition) is 4. The van der Waals surface area contributed by atoms with Crippen LogP contribution in [0.1, 0.15) is 30.1 Å². The van der Waals surface area contributed by atoms with Crippen molar-refractivity contribution in [1.82, 2.24) is 16.1 Å². The number of hydrazone groups is 1. The van der Waals surface area contributed by atoms with E-state index in [9.17, 15) is 9.59 Å². The number of nitrogens with one attached hydrogen (secondary N) is 3. The molecule has 134 valence electrons. The van der Waals surface area contributed by atoms with Crippen molar-refractivity contribution in [2.75, 3.05) is 0 Å². The minimum Gasteiger partial charge on any atom is -0.350 e. The highest BCUT2D eigenvalue weighted by atomic mass is 16.2. The molecule has 2 aromatic carbocycles. The number of amides is 3. The van der Waals surface area contributed by atoms with Crippen LogP contribution >= 0.6 is 0 Å². The Morgan fingerprint density at radius 1 is 1.00 bits per heavy atom. The average Bonchev–Trinajstić information content (AvgIpc) is 2.67. The summed E-state index contributed by atoms with van der Waals surface area (Å²) in [6, 6.07) is 17.9. The number of nitrogens with zero attached hydrogens (tertiary/aromatic N) is 1. The van der Waals surface area contributed by atoms with Gasteiger partial charge in [0.15, 0.2) is 0 Å². The third kappa shape index (κ3) is 3.89. The van der Waals surface area contributed by atoms with Gasteiger partial charge < -0.3 is 11.1 Å². The third-order valence-corrected chi connectivity index (χ3v) is 4.32. The van der Waals surface area contributed by atoms with Crippen molar-refractivity contribution in [3.8, 4) is 0 Å². The predicted molar refractivity (Wildman–Crippen MR) is 99.3 cm³/mol. The van der Waals surface area contributed by atoms with Gasteiger partial charge in [0.05, 0.1) is 17.8 Å². The fourth-order valence-corrected chi connectivity index (χ4v) is 3.07. The second-order valence-corrected chi connectivity index (χ2v) is 6.11. The Morgan fingerprint density at radius 2 is 1.54 bits per heavy atom. The van der Waals surface area contributed by atoms with Gasteiger partial charge in [-0.3, -0.25) is 10.1 Å². The Balaban J connectivity index is 1.93. The summed E-state index contributed by atoms with van der Waals surface area (Å²) in [4.78, 5) is 23.5. The summed E-state index contributed by atoms with van der Waals surface area (Å²) in [6.07, 6.45) is 0. The second kappa shape index (κ2) is 7.79. The van der Waals surface area contributed by atoms with Crippen LogP contribution < -0.4 is 21.8 Å². The summed E-state index contributed by atoms with van der Waals surface area (Å²) in [5.74, 6) is -0.210. The molecular weight excluding hydrogens is 330 g/mol. The first kappa shape index (κ1) is 17.6. The van der Waals surface area contributed by atoms with Crippen LogP contribution in [0.25, 0.3) is 0 Å². The van der Waals surface area contributed by atoms with Gasteiger partial charge in [0.1, 0.15) is 6.04 Å². The molecule has 2 aromatic rings. The maximum atomic E-state index is 12.6. The van der Waals surface area contributed by atoms with Crippen LogP contribution in [0.2, 0.25) is 0 Å². The molecule has 0 radical (unpaired) electrons. The molecule has 1 heterocycles. The lowest BCUT2D eigenvalue weighted by Crippen LogP contribution is -2.58. The molecule has 3 atom stereocenters. The van der Waals surface area contributed by atoms with Crippen molar-refractivity contribution >= 4 is 17.6 Å². The molecule has 7 nitrogen and oxygen atoms in total. The monoisotopic (exact) mass is 351 g/mol. The van der Waals surface area contributed by atoms with Crippen LogP contribution in [0.5, 0.6) is 0 Å². The minimum absolute atomic E-state index is 0.153. The van der Waals surface area contributed by atoms with Gasteiger partial charge in [0.2, 0.25) is 5.91 Å². The average molecular weight is 351 g/mol. The fraction of sp³-hybridized carbons (Fsp3) is 0.211. The minimum atomic E-state index is -0.776. The van der Waals surface area contributed by atoms with Gasteiger partial charge in [-0.2, -0.15) is 5.10 Å². The first-order chi connectivity index (χ1) is 12.6. The van der Waals surface area contributed by atoms with E-state index in [1.807, 2.05) is 60.7 Å². The molecule has 0 spiro atoms. The zero-order chi connectivity index (χ0) is 18.5. The van der Waals surface area contributed by atoms with E-state index < -0.39 is 12.1 Å². The van der Waals surface area contributed by atoms with E-state index >= 15 is 0 Å². The Hall–Kier alpha value is -3.19. The van der Waals surface area contributed by atoms with Crippen LogP contribution in [0, 0.1) is 0 Å².